The molecule has 202 valence electrons. The number of furan rings is 1. The fourth-order valence-electron chi connectivity index (χ4n) is 3.77. The molecule has 3 aromatic rings. The van der Waals surface area contributed by atoms with Crippen LogP contribution < -0.4 is 5.32 Å². The van der Waals surface area contributed by atoms with Crippen molar-refractivity contribution in [2.45, 2.75) is 45.0 Å². The molecule has 1 aromatic carbocycles. The van der Waals surface area contributed by atoms with Crippen molar-refractivity contribution in [3.8, 4) is 22.6 Å². The number of benzene rings is 1. The third-order valence-electron chi connectivity index (χ3n) is 5.50. The van der Waals surface area contributed by atoms with Crippen molar-refractivity contribution >= 4 is 12.0 Å². The van der Waals surface area contributed by atoms with Crippen LogP contribution in [-0.2, 0) is 17.5 Å². The van der Waals surface area contributed by atoms with Gasteiger partial charge in [0, 0.05) is 17.3 Å². The van der Waals surface area contributed by atoms with Crippen molar-refractivity contribution < 1.29 is 40.7 Å². The van der Waals surface area contributed by atoms with Crippen LogP contribution in [0.1, 0.15) is 42.5 Å². The minimum atomic E-state index is -4.73. The number of amides is 2. The first-order valence-corrected chi connectivity index (χ1v) is 11.5. The van der Waals surface area contributed by atoms with Crippen molar-refractivity contribution in [1.82, 2.24) is 15.2 Å². The zero-order valence-corrected chi connectivity index (χ0v) is 20.7. The first-order valence-electron chi connectivity index (χ1n) is 11.5. The molecule has 0 atom stereocenters. The summed E-state index contributed by atoms with van der Waals surface area (Å²) in [5.74, 6) is -3.37. The largest absolute Gasteiger partial charge is 0.459 e. The number of carbonyl (C=O) groups excluding carboxylic acids is 2. The Kier molecular flexibility index (Phi) is 6.94. The molecule has 1 aliphatic rings. The molecule has 2 amide bonds. The fraction of sp³-hybridized carbons (Fsp3) is 0.346. The minimum absolute atomic E-state index is 0.0508. The van der Waals surface area contributed by atoms with Crippen LogP contribution in [-0.4, -0.2) is 46.5 Å². The number of hydrogen-bond donors (Lipinski definition) is 1. The Bertz CT molecular complexity index is 1340. The number of halogens is 5. The summed E-state index contributed by atoms with van der Waals surface area (Å²) in [4.78, 5) is 29.1. The van der Waals surface area contributed by atoms with E-state index < -0.39 is 48.4 Å². The van der Waals surface area contributed by atoms with Gasteiger partial charge in [0.2, 0.25) is 0 Å². The number of carbonyl (C=O) groups is 2. The lowest BCUT2D eigenvalue weighted by atomic mass is 9.99. The maximum absolute atomic E-state index is 14.0. The number of nitrogens with one attached hydrogen (secondary N) is 1. The summed E-state index contributed by atoms with van der Waals surface area (Å²) >= 11 is 0. The Morgan fingerprint density at radius 1 is 1.08 bits per heavy atom. The van der Waals surface area contributed by atoms with Crippen molar-refractivity contribution in [3.63, 3.8) is 0 Å². The maximum Gasteiger partial charge on any atom is 0.417 e. The minimum Gasteiger partial charge on any atom is -0.459 e. The number of alkyl halides is 5. The molecular weight excluding hydrogens is 513 g/mol. The van der Waals surface area contributed by atoms with Gasteiger partial charge in [0.15, 0.2) is 0 Å². The van der Waals surface area contributed by atoms with Crippen molar-refractivity contribution in [3.05, 3.63) is 65.5 Å². The van der Waals surface area contributed by atoms with E-state index in [2.05, 4.69) is 10.3 Å². The molecule has 0 spiro atoms. The molecular formula is C26H24F5N3O4. The van der Waals surface area contributed by atoms with Gasteiger partial charge in [0.05, 0.1) is 36.5 Å². The second kappa shape index (κ2) is 9.73. The Morgan fingerprint density at radius 3 is 2.37 bits per heavy atom. The van der Waals surface area contributed by atoms with Crippen LogP contribution in [0.5, 0.6) is 0 Å². The number of aromatic nitrogens is 1. The second-order valence-corrected chi connectivity index (χ2v) is 9.83. The predicted octanol–water partition coefficient (Wildman–Crippen LogP) is 6.14. The lowest BCUT2D eigenvalue weighted by molar-refractivity contribution is -0.137. The molecule has 3 heterocycles. The van der Waals surface area contributed by atoms with Gasteiger partial charge in [-0.05, 0) is 57.2 Å². The van der Waals surface area contributed by atoms with Crippen molar-refractivity contribution in [2.75, 3.05) is 13.1 Å². The molecule has 0 unspecified atom stereocenters. The molecule has 1 aliphatic heterocycles. The van der Waals surface area contributed by atoms with Crippen LogP contribution in [0.4, 0.5) is 26.7 Å². The molecule has 0 radical (unpaired) electrons. The molecule has 1 saturated heterocycles. The molecule has 7 nitrogen and oxygen atoms in total. The topological polar surface area (TPSA) is 84.7 Å². The van der Waals surface area contributed by atoms with E-state index in [1.807, 2.05) is 0 Å². The number of alkyl carbamates (subject to hydrolysis) is 1. The van der Waals surface area contributed by atoms with Crippen LogP contribution in [0, 0.1) is 0 Å². The summed E-state index contributed by atoms with van der Waals surface area (Å²) < 4.78 is 78.6. The van der Waals surface area contributed by atoms with E-state index in [1.165, 1.54) is 36.4 Å². The van der Waals surface area contributed by atoms with Crippen LogP contribution >= 0.6 is 0 Å². The van der Waals surface area contributed by atoms with Crippen LogP contribution in [0.2, 0.25) is 0 Å². The van der Waals surface area contributed by atoms with E-state index in [-0.39, 0.29) is 40.4 Å². The van der Waals surface area contributed by atoms with E-state index in [9.17, 15) is 31.5 Å². The molecule has 12 heteroatoms. The Morgan fingerprint density at radius 2 is 1.79 bits per heavy atom. The third-order valence-corrected chi connectivity index (χ3v) is 5.50. The molecule has 0 bridgehead atoms. The van der Waals surface area contributed by atoms with Crippen molar-refractivity contribution in [1.29, 1.82) is 0 Å². The Hall–Kier alpha value is -3.96. The maximum atomic E-state index is 14.0. The average Bonchev–Trinajstić information content (AvgIpc) is 3.28. The molecule has 0 saturated carbocycles. The summed E-state index contributed by atoms with van der Waals surface area (Å²) in [6.45, 7) is 3.63. The van der Waals surface area contributed by atoms with Gasteiger partial charge in [0.25, 0.3) is 11.8 Å². The first kappa shape index (κ1) is 27.1. The molecule has 0 aliphatic carbocycles. The predicted molar refractivity (Wildman–Crippen MR) is 126 cm³/mol. The van der Waals surface area contributed by atoms with Crippen LogP contribution in [0.3, 0.4) is 0 Å². The number of ether oxygens (including phenoxy) is 1. The Labute approximate surface area is 214 Å². The number of hydrogen-bond acceptors (Lipinski definition) is 5. The highest BCUT2D eigenvalue weighted by Gasteiger charge is 2.46. The summed E-state index contributed by atoms with van der Waals surface area (Å²) in [6, 6.07) is 9.08. The lowest BCUT2D eigenvalue weighted by Gasteiger charge is -2.38. The highest BCUT2D eigenvalue weighted by Crippen LogP contribution is 2.40. The van der Waals surface area contributed by atoms with E-state index in [0.29, 0.717) is 0 Å². The molecule has 1 N–H and O–H groups in total. The summed E-state index contributed by atoms with van der Waals surface area (Å²) in [7, 11) is 0. The highest BCUT2D eigenvalue weighted by atomic mass is 19.4. The van der Waals surface area contributed by atoms with Gasteiger partial charge in [0.1, 0.15) is 17.1 Å². The van der Waals surface area contributed by atoms with Gasteiger partial charge >= 0.3 is 12.3 Å². The molecule has 4 rings (SSSR count). The number of likely N-dealkylation sites (tertiary alicyclic amines) is 1. The SMILES string of the molecule is CC(C)(C)OC(=O)NCc1ccc(-c2ccc(-c3ccc(C(=O)N4CC(F)(F)C4)cn3)cc2C(F)(F)F)o1. The van der Waals surface area contributed by atoms with Gasteiger partial charge in [-0.25, -0.2) is 13.6 Å². The summed E-state index contributed by atoms with van der Waals surface area (Å²) in [6.07, 6.45) is -4.28. The van der Waals surface area contributed by atoms with Crippen LogP contribution in [0.15, 0.2) is 53.1 Å². The monoisotopic (exact) mass is 537 g/mol. The summed E-state index contributed by atoms with van der Waals surface area (Å²) in [5.41, 5.74) is -1.54. The fourth-order valence-corrected chi connectivity index (χ4v) is 3.77. The second-order valence-electron chi connectivity index (χ2n) is 9.83. The van der Waals surface area contributed by atoms with E-state index in [1.54, 1.807) is 20.8 Å². The highest BCUT2D eigenvalue weighted by molar-refractivity contribution is 5.95. The number of pyridine rings is 1. The molecule has 1 fully saturated rings. The standard InChI is InChI=1S/C26H24F5N3O4/c1-24(2,3)38-23(36)33-12-17-6-9-21(37-17)18-7-4-15(10-19(18)26(29,30)31)20-8-5-16(11-32-20)22(35)34-13-25(27,28)14-34/h4-11H,12-14H2,1-3H3,(H,33,36). The van der Waals surface area contributed by atoms with E-state index >= 15 is 0 Å². The van der Waals surface area contributed by atoms with E-state index in [4.69, 9.17) is 9.15 Å². The normalized spacial score (nSPS) is 15.1. The quantitative estimate of drug-likeness (QED) is 0.395. The average molecular weight is 537 g/mol. The number of rotatable bonds is 5. The summed E-state index contributed by atoms with van der Waals surface area (Å²) in [5, 5.41) is 2.48. The van der Waals surface area contributed by atoms with Gasteiger partial charge in [-0.1, -0.05) is 6.07 Å². The van der Waals surface area contributed by atoms with Gasteiger partial charge in [-0.3, -0.25) is 9.78 Å². The lowest BCUT2D eigenvalue weighted by Crippen LogP contribution is -2.58. The third kappa shape index (κ3) is 6.29. The van der Waals surface area contributed by atoms with Gasteiger partial charge in [-0.15, -0.1) is 0 Å². The molecule has 2 aromatic heterocycles. The molecule has 38 heavy (non-hydrogen) atoms. The van der Waals surface area contributed by atoms with Crippen LogP contribution in [0.25, 0.3) is 22.6 Å². The zero-order chi connectivity index (χ0) is 27.9. The smallest absolute Gasteiger partial charge is 0.417 e. The zero-order valence-electron chi connectivity index (χ0n) is 20.7. The Balaban J connectivity index is 1.52. The number of nitrogens with zero attached hydrogens (tertiary/aromatic N) is 2. The van der Waals surface area contributed by atoms with E-state index in [0.717, 1.165) is 17.2 Å². The van der Waals surface area contributed by atoms with Gasteiger partial charge < -0.3 is 19.4 Å². The first-order chi connectivity index (χ1) is 17.6. The van der Waals surface area contributed by atoms with Crippen molar-refractivity contribution in [2.24, 2.45) is 0 Å². The van der Waals surface area contributed by atoms with Gasteiger partial charge in [-0.2, -0.15) is 13.2 Å².